The van der Waals surface area contributed by atoms with Crippen LogP contribution < -0.4 is 0 Å². The lowest BCUT2D eigenvalue weighted by Gasteiger charge is -2.54. The van der Waals surface area contributed by atoms with E-state index in [-0.39, 0.29) is 0 Å². The molecule has 0 aromatic carbocycles. The van der Waals surface area contributed by atoms with Crippen LogP contribution >= 0.6 is 0 Å². The standard InChI is InChI=1S/C15H19N/c1-2-3-12(9-16)15-13-5-10-4-11(7-13)8-14(15)6-10/h2-3,10-11,13-15H,1,4-8H2/b12-3+. The molecule has 0 saturated heterocycles. The van der Waals surface area contributed by atoms with Gasteiger partial charge in [-0.1, -0.05) is 12.7 Å². The maximum Gasteiger partial charge on any atom is 0.0950 e. The summed E-state index contributed by atoms with van der Waals surface area (Å²) in [4.78, 5) is 0. The number of hydrogen-bond donors (Lipinski definition) is 0. The smallest absolute Gasteiger partial charge is 0.0950 e. The van der Waals surface area contributed by atoms with E-state index in [9.17, 15) is 5.26 Å². The molecule has 4 fully saturated rings. The lowest BCUT2D eigenvalue weighted by Crippen LogP contribution is -2.45. The zero-order chi connectivity index (χ0) is 11.1. The van der Waals surface area contributed by atoms with Gasteiger partial charge in [-0.15, -0.1) is 0 Å². The summed E-state index contributed by atoms with van der Waals surface area (Å²) in [5.74, 6) is 4.16. The summed E-state index contributed by atoms with van der Waals surface area (Å²) >= 11 is 0. The Hall–Kier alpha value is -1.03. The second-order valence-corrected chi connectivity index (χ2v) is 5.93. The van der Waals surface area contributed by atoms with E-state index in [0.29, 0.717) is 5.92 Å². The van der Waals surface area contributed by atoms with Gasteiger partial charge < -0.3 is 0 Å². The predicted molar refractivity (Wildman–Crippen MR) is 64.4 cm³/mol. The monoisotopic (exact) mass is 213 g/mol. The molecule has 0 amide bonds. The topological polar surface area (TPSA) is 23.8 Å². The minimum atomic E-state index is 0.566. The average Bonchev–Trinajstić information content (AvgIpc) is 2.26. The quantitative estimate of drug-likeness (QED) is 0.507. The second-order valence-electron chi connectivity index (χ2n) is 5.93. The van der Waals surface area contributed by atoms with E-state index in [1.54, 1.807) is 6.08 Å². The Morgan fingerprint density at radius 3 is 2.06 bits per heavy atom. The van der Waals surface area contributed by atoms with E-state index < -0.39 is 0 Å². The lowest BCUT2D eigenvalue weighted by atomic mass is 9.50. The molecule has 0 spiro atoms. The Kier molecular flexibility index (Phi) is 2.39. The van der Waals surface area contributed by atoms with Gasteiger partial charge in [0.15, 0.2) is 0 Å². The van der Waals surface area contributed by atoms with Crippen LogP contribution in [0.4, 0.5) is 0 Å². The van der Waals surface area contributed by atoms with Gasteiger partial charge >= 0.3 is 0 Å². The highest BCUT2D eigenvalue weighted by molar-refractivity contribution is 5.30. The van der Waals surface area contributed by atoms with Gasteiger partial charge in [0.1, 0.15) is 0 Å². The van der Waals surface area contributed by atoms with Crippen LogP contribution in [0.15, 0.2) is 24.3 Å². The van der Waals surface area contributed by atoms with Crippen molar-refractivity contribution in [2.24, 2.45) is 29.6 Å². The summed E-state index contributed by atoms with van der Waals surface area (Å²) in [6.07, 6.45) is 10.7. The van der Waals surface area contributed by atoms with Crippen LogP contribution in [-0.4, -0.2) is 0 Å². The summed E-state index contributed by atoms with van der Waals surface area (Å²) < 4.78 is 0. The predicted octanol–water partition coefficient (Wildman–Crippen LogP) is 3.69. The molecule has 4 aliphatic carbocycles. The van der Waals surface area contributed by atoms with Crippen molar-refractivity contribution in [2.75, 3.05) is 0 Å². The van der Waals surface area contributed by atoms with Crippen molar-refractivity contribution in [1.82, 2.24) is 0 Å². The van der Waals surface area contributed by atoms with Crippen molar-refractivity contribution in [1.29, 1.82) is 5.26 Å². The molecule has 0 aromatic rings. The fourth-order valence-corrected chi connectivity index (χ4v) is 4.78. The Morgan fingerprint density at radius 1 is 1.06 bits per heavy atom. The molecule has 0 unspecified atom stereocenters. The van der Waals surface area contributed by atoms with Crippen LogP contribution in [0.3, 0.4) is 0 Å². The van der Waals surface area contributed by atoms with Gasteiger partial charge in [0.2, 0.25) is 0 Å². The highest BCUT2D eigenvalue weighted by Gasteiger charge is 2.49. The normalized spacial score (nSPS) is 45.4. The van der Waals surface area contributed by atoms with E-state index >= 15 is 0 Å². The van der Waals surface area contributed by atoms with Gasteiger partial charge in [0.25, 0.3) is 0 Å². The van der Waals surface area contributed by atoms with Crippen LogP contribution in [-0.2, 0) is 0 Å². The summed E-state index contributed by atoms with van der Waals surface area (Å²) in [5.41, 5.74) is 1.00. The fourth-order valence-electron chi connectivity index (χ4n) is 4.78. The third-order valence-corrected chi connectivity index (χ3v) is 5.01. The minimum Gasteiger partial charge on any atom is -0.193 e. The maximum atomic E-state index is 9.28. The molecule has 1 nitrogen and oxygen atoms in total. The molecule has 0 heterocycles. The number of hydrogen-bond acceptors (Lipinski definition) is 1. The molecule has 4 rings (SSSR count). The maximum absolute atomic E-state index is 9.28. The first-order valence-electron chi connectivity index (χ1n) is 6.54. The minimum absolute atomic E-state index is 0.566. The zero-order valence-corrected chi connectivity index (χ0v) is 9.73. The molecular weight excluding hydrogens is 194 g/mol. The third kappa shape index (κ3) is 1.44. The molecule has 0 aromatic heterocycles. The summed E-state index contributed by atoms with van der Waals surface area (Å²) in [6, 6.07) is 2.42. The van der Waals surface area contributed by atoms with Gasteiger partial charge in [-0.25, -0.2) is 0 Å². The highest BCUT2D eigenvalue weighted by atomic mass is 14.5. The van der Waals surface area contributed by atoms with Crippen molar-refractivity contribution in [3.8, 4) is 6.07 Å². The Bertz CT molecular complexity index is 343. The third-order valence-electron chi connectivity index (χ3n) is 5.01. The second kappa shape index (κ2) is 3.77. The Labute approximate surface area is 97.8 Å². The molecule has 4 saturated carbocycles. The molecule has 0 radical (unpaired) electrons. The van der Waals surface area contributed by atoms with Gasteiger partial charge in [-0.05, 0) is 67.8 Å². The molecule has 4 aliphatic rings. The molecule has 0 atom stereocenters. The number of allylic oxidation sites excluding steroid dienone is 3. The van der Waals surface area contributed by atoms with Crippen molar-refractivity contribution >= 4 is 0 Å². The highest BCUT2D eigenvalue weighted by Crippen LogP contribution is 2.58. The molecular formula is C15H19N. The average molecular weight is 213 g/mol. The summed E-state index contributed by atoms with van der Waals surface area (Å²) in [7, 11) is 0. The first-order chi connectivity index (χ1) is 7.81. The molecule has 16 heavy (non-hydrogen) atoms. The van der Waals surface area contributed by atoms with Gasteiger partial charge in [0, 0.05) is 5.57 Å². The van der Waals surface area contributed by atoms with E-state index in [2.05, 4.69) is 12.6 Å². The molecule has 1 heteroatoms. The fraction of sp³-hybridized carbons (Fsp3) is 0.667. The number of nitrogens with zero attached hydrogens (tertiary/aromatic N) is 1. The lowest BCUT2D eigenvalue weighted by molar-refractivity contribution is -0.0191. The van der Waals surface area contributed by atoms with Gasteiger partial charge in [-0.2, -0.15) is 5.26 Å². The number of nitriles is 1. The van der Waals surface area contributed by atoms with Crippen LogP contribution in [0.2, 0.25) is 0 Å². The number of rotatable bonds is 2. The molecule has 4 bridgehead atoms. The van der Waals surface area contributed by atoms with E-state index in [4.69, 9.17) is 0 Å². The van der Waals surface area contributed by atoms with Crippen molar-refractivity contribution in [3.05, 3.63) is 24.3 Å². The van der Waals surface area contributed by atoms with Crippen molar-refractivity contribution in [2.45, 2.75) is 32.1 Å². The molecule has 84 valence electrons. The zero-order valence-electron chi connectivity index (χ0n) is 9.73. The van der Waals surface area contributed by atoms with Crippen LogP contribution in [0.25, 0.3) is 0 Å². The van der Waals surface area contributed by atoms with Gasteiger partial charge in [-0.3, -0.25) is 0 Å². The van der Waals surface area contributed by atoms with Crippen molar-refractivity contribution in [3.63, 3.8) is 0 Å². The largest absolute Gasteiger partial charge is 0.193 e. The van der Waals surface area contributed by atoms with Crippen molar-refractivity contribution < 1.29 is 0 Å². The van der Waals surface area contributed by atoms with E-state index in [0.717, 1.165) is 29.2 Å². The molecule has 0 aliphatic heterocycles. The summed E-state index contributed by atoms with van der Waals surface area (Å²) in [6.45, 7) is 3.73. The van der Waals surface area contributed by atoms with Crippen LogP contribution in [0, 0.1) is 40.9 Å². The van der Waals surface area contributed by atoms with Crippen LogP contribution in [0.5, 0.6) is 0 Å². The Balaban J connectivity index is 1.89. The first kappa shape index (κ1) is 10.1. The molecule has 0 N–H and O–H groups in total. The summed E-state index contributed by atoms with van der Waals surface area (Å²) in [5, 5.41) is 9.28. The SMILES string of the molecule is C=C/C=C(\C#N)C1C2CC3CC(C2)CC1C3. The Morgan fingerprint density at radius 2 is 1.62 bits per heavy atom. The van der Waals surface area contributed by atoms with E-state index in [1.165, 1.54) is 32.1 Å². The van der Waals surface area contributed by atoms with E-state index in [1.807, 2.05) is 6.08 Å². The van der Waals surface area contributed by atoms with Gasteiger partial charge in [0.05, 0.1) is 6.07 Å². The first-order valence-corrected chi connectivity index (χ1v) is 6.54. The van der Waals surface area contributed by atoms with Crippen LogP contribution in [0.1, 0.15) is 32.1 Å².